The second kappa shape index (κ2) is 6.22. The lowest BCUT2D eigenvalue weighted by molar-refractivity contribution is -0.149. The fourth-order valence-corrected chi connectivity index (χ4v) is 3.21. The van der Waals surface area contributed by atoms with Crippen LogP contribution in [-0.2, 0) is 4.79 Å². The van der Waals surface area contributed by atoms with Crippen LogP contribution in [0.4, 0.5) is 4.39 Å². The summed E-state index contributed by atoms with van der Waals surface area (Å²) in [5.74, 6) is -0.902. The molecule has 1 N–H and O–H groups in total. The number of rotatable bonds is 3. The van der Waals surface area contributed by atoms with E-state index < -0.39 is 24.1 Å². The van der Waals surface area contributed by atoms with Gasteiger partial charge in [0.15, 0.2) is 17.2 Å². The predicted molar refractivity (Wildman–Crippen MR) is 89.1 cm³/mol. The molecule has 3 heterocycles. The Hall–Kier alpha value is -3.17. The highest BCUT2D eigenvalue weighted by Gasteiger charge is 2.47. The van der Waals surface area contributed by atoms with E-state index in [0.29, 0.717) is 36.1 Å². The Morgan fingerprint density at radius 1 is 1.26 bits per heavy atom. The maximum atomic E-state index is 14.2. The molecule has 4 rings (SSSR count). The molecule has 2 aliphatic heterocycles. The number of carboxylic acids is 1. The highest BCUT2D eigenvalue weighted by molar-refractivity contribution is 5.94. The van der Waals surface area contributed by atoms with Crippen molar-refractivity contribution in [3.63, 3.8) is 0 Å². The number of carbonyl (C=O) groups is 2. The topological polar surface area (TPSA) is 107 Å². The minimum atomic E-state index is -2.42. The van der Waals surface area contributed by atoms with Crippen LogP contribution >= 0.6 is 0 Å². The summed E-state index contributed by atoms with van der Waals surface area (Å²) in [6.07, 6.45) is -0.247. The molecular formula is C17H17FN4O5. The van der Waals surface area contributed by atoms with Crippen LogP contribution in [-0.4, -0.2) is 68.8 Å². The molecule has 0 bridgehead atoms. The van der Waals surface area contributed by atoms with Gasteiger partial charge in [0, 0.05) is 19.0 Å². The third-order valence-electron chi connectivity index (χ3n) is 4.76. The van der Waals surface area contributed by atoms with Gasteiger partial charge in [0.05, 0.1) is 17.9 Å². The summed E-state index contributed by atoms with van der Waals surface area (Å²) < 4.78 is 26.7. The number of alkyl halides is 1. The number of nitrogens with zero attached hydrogens (tertiary/aromatic N) is 4. The third-order valence-corrected chi connectivity index (χ3v) is 4.76. The first-order chi connectivity index (χ1) is 12.9. The quantitative estimate of drug-likeness (QED) is 0.851. The number of amides is 1. The highest BCUT2D eigenvalue weighted by Crippen LogP contribution is 2.32. The van der Waals surface area contributed by atoms with Crippen LogP contribution in [0.15, 0.2) is 18.2 Å². The van der Waals surface area contributed by atoms with Crippen molar-refractivity contribution in [1.82, 2.24) is 19.9 Å². The number of likely N-dealkylation sites (tertiary alicyclic amines) is 1. The third kappa shape index (κ3) is 2.86. The van der Waals surface area contributed by atoms with Crippen LogP contribution in [0, 0.1) is 6.92 Å². The molecular weight excluding hydrogens is 359 g/mol. The molecule has 1 aromatic carbocycles. The monoisotopic (exact) mass is 376 g/mol. The molecule has 27 heavy (non-hydrogen) atoms. The zero-order chi connectivity index (χ0) is 19.2. The van der Waals surface area contributed by atoms with Crippen molar-refractivity contribution in [3.05, 3.63) is 29.6 Å². The standard InChI is InChI=1S/C17H17FN4O5/c1-10-14(15(23)21-5-4-17(18,9-21)16(24)25)19-20-22(10)11-2-3-12-13(8-11)27-7-6-26-12/h2-3,8H,4-7,9H2,1H3,(H,24,25). The lowest BCUT2D eigenvalue weighted by Crippen LogP contribution is -2.39. The normalized spacial score (nSPS) is 21.3. The Morgan fingerprint density at radius 3 is 2.70 bits per heavy atom. The molecule has 0 spiro atoms. The van der Waals surface area contributed by atoms with Crippen LogP contribution in [0.1, 0.15) is 22.6 Å². The number of aromatic nitrogens is 3. The molecule has 0 aliphatic carbocycles. The van der Waals surface area contributed by atoms with Crippen molar-refractivity contribution in [1.29, 1.82) is 0 Å². The van der Waals surface area contributed by atoms with Gasteiger partial charge in [-0.2, -0.15) is 0 Å². The Bertz CT molecular complexity index is 930. The van der Waals surface area contributed by atoms with Crippen LogP contribution in [0.2, 0.25) is 0 Å². The van der Waals surface area contributed by atoms with Gasteiger partial charge in [-0.1, -0.05) is 5.21 Å². The first-order valence-corrected chi connectivity index (χ1v) is 8.43. The predicted octanol–water partition coefficient (Wildman–Crippen LogP) is 0.986. The number of benzene rings is 1. The molecule has 142 valence electrons. The second-order valence-corrected chi connectivity index (χ2v) is 6.51. The summed E-state index contributed by atoms with van der Waals surface area (Å²) in [4.78, 5) is 24.8. The SMILES string of the molecule is Cc1c(C(=O)N2CCC(F)(C(=O)O)C2)nnn1-c1ccc2c(c1)OCCO2. The van der Waals surface area contributed by atoms with Crippen molar-refractivity contribution in [2.45, 2.75) is 19.0 Å². The molecule has 1 aromatic heterocycles. The number of aliphatic carboxylic acids is 1. The lowest BCUT2D eigenvalue weighted by atomic mass is 10.1. The molecule has 9 nitrogen and oxygen atoms in total. The second-order valence-electron chi connectivity index (χ2n) is 6.51. The van der Waals surface area contributed by atoms with E-state index >= 15 is 0 Å². The molecule has 1 fully saturated rings. The molecule has 0 saturated carbocycles. The summed E-state index contributed by atoms with van der Waals surface area (Å²) in [5.41, 5.74) is -1.27. The Balaban J connectivity index is 1.59. The minimum Gasteiger partial charge on any atom is -0.486 e. The molecule has 10 heteroatoms. The van der Waals surface area contributed by atoms with Gasteiger partial charge >= 0.3 is 5.97 Å². The maximum absolute atomic E-state index is 14.2. The van der Waals surface area contributed by atoms with Crippen molar-refractivity contribution in [2.75, 3.05) is 26.3 Å². The molecule has 1 unspecified atom stereocenters. The van der Waals surface area contributed by atoms with Crippen LogP contribution in [0.25, 0.3) is 5.69 Å². The van der Waals surface area contributed by atoms with E-state index in [9.17, 15) is 14.0 Å². The number of carboxylic acid groups (broad SMARTS) is 1. The zero-order valence-corrected chi connectivity index (χ0v) is 14.5. The number of carbonyl (C=O) groups excluding carboxylic acids is 1. The molecule has 1 amide bonds. The van der Waals surface area contributed by atoms with Crippen LogP contribution in [0.5, 0.6) is 11.5 Å². The number of hydrogen-bond acceptors (Lipinski definition) is 6. The van der Waals surface area contributed by atoms with E-state index in [0.717, 1.165) is 4.90 Å². The zero-order valence-electron chi connectivity index (χ0n) is 14.5. The van der Waals surface area contributed by atoms with E-state index in [-0.39, 0.29) is 18.7 Å². The fourth-order valence-electron chi connectivity index (χ4n) is 3.21. The van der Waals surface area contributed by atoms with Crippen LogP contribution < -0.4 is 9.47 Å². The summed E-state index contributed by atoms with van der Waals surface area (Å²) in [7, 11) is 0. The lowest BCUT2D eigenvalue weighted by Gasteiger charge is -2.19. The van der Waals surface area contributed by atoms with Crippen LogP contribution in [0.3, 0.4) is 0 Å². The number of halogens is 1. The maximum Gasteiger partial charge on any atom is 0.343 e. The smallest absolute Gasteiger partial charge is 0.343 e. The van der Waals surface area contributed by atoms with Crippen molar-refractivity contribution < 1.29 is 28.6 Å². The summed E-state index contributed by atoms with van der Waals surface area (Å²) in [5, 5.41) is 16.9. The number of ether oxygens (including phenoxy) is 2. The van der Waals surface area contributed by atoms with Gasteiger partial charge in [0.2, 0.25) is 5.67 Å². The first-order valence-electron chi connectivity index (χ1n) is 8.43. The van der Waals surface area contributed by atoms with Gasteiger partial charge < -0.3 is 19.5 Å². The van der Waals surface area contributed by atoms with Gasteiger partial charge in [0.1, 0.15) is 13.2 Å². The summed E-state index contributed by atoms with van der Waals surface area (Å²) in [6.45, 7) is 2.10. The van der Waals surface area contributed by atoms with E-state index in [4.69, 9.17) is 14.6 Å². The molecule has 2 aliphatic rings. The van der Waals surface area contributed by atoms with E-state index in [2.05, 4.69) is 10.3 Å². The van der Waals surface area contributed by atoms with Gasteiger partial charge in [-0.25, -0.2) is 13.9 Å². The molecule has 1 saturated heterocycles. The highest BCUT2D eigenvalue weighted by atomic mass is 19.1. The first kappa shape index (κ1) is 17.3. The summed E-state index contributed by atoms with van der Waals surface area (Å²) in [6, 6.07) is 5.24. The number of hydrogen-bond donors (Lipinski definition) is 1. The van der Waals surface area contributed by atoms with Crippen molar-refractivity contribution in [3.8, 4) is 17.2 Å². The van der Waals surface area contributed by atoms with E-state index in [1.165, 1.54) is 4.68 Å². The molecule has 0 radical (unpaired) electrons. The van der Waals surface area contributed by atoms with Gasteiger partial charge in [-0.15, -0.1) is 5.10 Å². The molecule has 2 aromatic rings. The van der Waals surface area contributed by atoms with Crippen molar-refractivity contribution in [2.24, 2.45) is 0 Å². The Kier molecular flexibility index (Phi) is 3.97. The van der Waals surface area contributed by atoms with Gasteiger partial charge in [0.25, 0.3) is 5.91 Å². The van der Waals surface area contributed by atoms with E-state index in [1.54, 1.807) is 25.1 Å². The minimum absolute atomic E-state index is 0.0119. The van der Waals surface area contributed by atoms with E-state index in [1.807, 2.05) is 0 Å². The van der Waals surface area contributed by atoms with Crippen molar-refractivity contribution >= 4 is 11.9 Å². The molecule has 1 atom stereocenters. The van der Waals surface area contributed by atoms with Gasteiger partial charge in [-0.05, 0) is 19.1 Å². The average molecular weight is 376 g/mol. The Labute approximate surface area is 153 Å². The number of fused-ring (bicyclic) bond motifs is 1. The largest absolute Gasteiger partial charge is 0.486 e. The fraction of sp³-hybridized carbons (Fsp3) is 0.412. The average Bonchev–Trinajstić information content (AvgIpc) is 3.25. The summed E-state index contributed by atoms with van der Waals surface area (Å²) >= 11 is 0. The Morgan fingerprint density at radius 2 is 2.00 bits per heavy atom. The van der Waals surface area contributed by atoms with Gasteiger partial charge in [-0.3, -0.25) is 4.79 Å².